The van der Waals surface area contributed by atoms with Gasteiger partial charge in [-0.2, -0.15) is 4.90 Å². The summed E-state index contributed by atoms with van der Waals surface area (Å²) in [6.45, 7) is 0.550. The largest absolute Gasteiger partial charge is 0.466 e. The van der Waals surface area contributed by atoms with Crippen molar-refractivity contribution in [2.75, 3.05) is 6.54 Å². The van der Waals surface area contributed by atoms with Gasteiger partial charge in [-0.15, -0.1) is 0 Å². The average molecular weight is 173 g/mol. The highest BCUT2D eigenvalue weighted by Crippen LogP contribution is 2.02. The van der Waals surface area contributed by atoms with Gasteiger partial charge in [0.15, 0.2) is 0 Å². The van der Waals surface area contributed by atoms with E-state index in [0.29, 0.717) is 6.54 Å². The minimum atomic E-state index is 0.179. The van der Waals surface area contributed by atoms with Crippen LogP contribution in [0.5, 0.6) is 0 Å². The lowest BCUT2D eigenvalue weighted by Gasteiger charge is -2.19. The highest BCUT2D eigenvalue weighted by molar-refractivity contribution is 6.15. The molecule has 11 heavy (non-hydrogen) atoms. The molecule has 1 atom stereocenters. The fraction of sp³-hybridized carbons (Fsp3) is 0.167. The second-order valence-electron chi connectivity index (χ2n) is 2.38. The highest BCUT2D eigenvalue weighted by Gasteiger charge is 2.29. The first-order valence-electron chi connectivity index (χ1n) is 3.21. The molecule has 0 radical (unpaired) electrons. The average Bonchev–Trinajstić information content (AvgIpc) is 2.34. The summed E-state index contributed by atoms with van der Waals surface area (Å²) in [6, 6.07) is 0. The number of nitrogens with zero attached hydrogens (tertiary/aromatic N) is 2. The number of hydrogen-bond donors (Lipinski definition) is 2. The molecule has 0 saturated carbocycles. The Hall–Kier alpha value is -1.00. The van der Waals surface area contributed by atoms with Crippen LogP contribution in [0.1, 0.15) is 0 Å². The third kappa shape index (κ3) is 1.00. The van der Waals surface area contributed by atoms with Crippen molar-refractivity contribution in [3.63, 3.8) is 0 Å². The van der Waals surface area contributed by atoms with Crippen LogP contribution in [0, 0.1) is 0 Å². The first kappa shape index (κ1) is 6.69. The van der Waals surface area contributed by atoms with Gasteiger partial charge in [-0.25, -0.2) is 4.99 Å². The normalized spacial score (nSPS) is 28.1. The molecular weight excluding hydrogens is 166 g/mol. The molecule has 0 spiro atoms. The molecular formula is C6H7ClN3O+. The van der Waals surface area contributed by atoms with Gasteiger partial charge in [0.05, 0.1) is 6.20 Å². The van der Waals surface area contributed by atoms with E-state index in [4.69, 9.17) is 11.8 Å². The summed E-state index contributed by atoms with van der Waals surface area (Å²) in [7, 11) is 0. The fourth-order valence-electron chi connectivity index (χ4n) is 1.12. The minimum Gasteiger partial charge on any atom is -0.466 e. The molecule has 0 aromatic carbocycles. The van der Waals surface area contributed by atoms with Crippen LogP contribution in [0.3, 0.4) is 0 Å². The van der Waals surface area contributed by atoms with Crippen LogP contribution in [-0.4, -0.2) is 21.9 Å². The van der Waals surface area contributed by atoms with Gasteiger partial charge in [0.25, 0.3) is 0 Å². The molecule has 2 aliphatic heterocycles. The van der Waals surface area contributed by atoms with Crippen molar-refractivity contribution in [3.05, 3.63) is 24.5 Å². The molecule has 2 rings (SSSR count). The van der Waals surface area contributed by atoms with Crippen LogP contribution in [-0.2, 0) is 0 Å². The number of amidine groups is 1. The van der Waals surface area contributed by atoms with E-state index in [1.807, 2.05) is 0 Å². The van der Waals surface area contributed by atoms with E-state index in [9.17, 15) is 5.11 Å². The maximum Gasteiger partial charge on any atom is 0.316 e. The minimum absolute atomic E-state index is 0.179. The highest BCUT2D eigenvalue weighted by atomic mass is 35.5. The quantitative estimate of drug-likeness (QED) is 0.488. The number of hydrogen-bond acceptors (Lipinski definition) is 3. The van der Waals surface area contributed by atoms with E-state index >= 15 is 0 Å². The number of halogens is 1. The lowest BCUT2D eigenvalue weighted by molar-refractivity contribution is -0.722. The van der Waals surface area contributed by atoms with Crippen molar-refractivity contribution in [1.82, 2.24) is 4.42 Å². The Balaban J connectivity index is 2.34. The molecule has 0 fully saturated rings. The monoisotopic (exact) mass is 172 g/mol. The molecule has 2 heterocycles. The summed E-state index contributed by atoms with van der Waals surface area (Å²) in [6.07, 6.45) is 4.90. The zero-order valence-electron chi connectivity index (χ0n) is 5.66. The lowest BCUT2D eigenvalue weighted by atomic mass is 10.4. The Labute approximate surface area is 68.8 Å². The number of quaternary nitrogens is 1. The van der Waals surface area contributed by atoms with Crippen molar-refractivity contribution in [3.8, 4) is 0 Å². The molecule has 0 aromatic rings. The maximum atomic E-state index is 9.32. The van der Waals surface area contributed by atoms with Crippen LogP contribution < -0.4 is 4.90 Å². The number of rotatable bonds is 0. The van der Waals surface area contributed by atoms with Crippen LogP contribution in [0.2, 0.25) is 0 Å². The van der Waals surface area contributed by atoms with Gasteiger partial charge in [-0.3, -0.25) is 4.42 Å². The summed E-state index contributed by atoms with van der Waals surface area (Å²) >= 11 is 5.65. The number of nitrogens with one attached hydrogen (secondary N) is 1. The third-order valence-corrected chi connectivity index (χ3v) is 1.84. The zero-order valence-corrected chi connectivity index (χ0v) is 6.41. The standard InChI is InChI=1S/C6H6ClN3O/c7-9-3-5-8-1-2-10(5)6(11)4-9/h1-2,4,11H,3H2/p+1. The van der Waals surface area contributed by atoms with E-state index in [0.717, 1.165) is 10.7 Å². The van der Waals surface area contributed by atoms with Gasteiger partial charge in [0, 0.05) is 11.8 Å². The van der Waals surface area contributed by atoms with Crippen molar-refractivity contribution in [2.45, 2.75) is 0 Å². The topological polar surface area (TPSA) is 40.3 Å². The van der Waals surface area contributed by atoms with Gasteiger partial charge in [-0.05, 0) is 0 Å². The maximum absolute atomic E-state index is 9.32. The molecule has 1 unspecified atom stereocenters. The van der Waals surface area contributed by atoms with Gasteiger partial charge < -0.3 is 5.11 Å². The zero-order chi connectivity index (χ0) is 7.84. The molecule has 2 N–H and O–H groups in total. The molecule has 2 aliphatic rings. The summed E-state index contributed by atoms with van der Waals surface area (Å²) in [4.78, 5) is 4.81. The Morgan fingerprint density at radius 3 is 3.36 bits per heavy atom. The molecule has 0 aromatic heterocycles. The van der Waals surface area contributed by atoms with Crippen molar-refractivity contribution >= 4 is 17.6 Å². The second-order valence-corrected chi connectivity index (χ2v) is 2.81. The molecule has 0 saturated heterocycles. The Morgan fingerprint density at radius 2 is 2.55 bits per heavy atom. The molecule has 58 valence electrons. The number of fused-ring (bicyclic) bond motifs is 1. The van der Waals surface area contributed by atoms with Crippen LogP contribution in [0.15, 0.2) is 29.5 Å². The summed E-state index contributed by atoms with van der Waals surface area (Å²) in [5.41, 5.74) is 0. The van der Waals surface area contributed by atoms with Crippen LogP contribution in [0.25, 0.3) is 0 Å². The van der Waals surface area contributed by atoms with Crippen LogP contribution >= 0.6 is 11.8 Å². The molecule has 5 heteroatoms. The Morgan fingerprint density at radius 1 is 1.73 bits per heavy atom. The van der Waals surface area contributed by atoms with Gasteiger partial charge >= 0.3 is 5.88 Å². The van der Waals surface area contributed by atoms with Crippen molar-refractivity contribution in [1.29, 1.82) is 0 Å². The number of aliphatic imine (C=N–C) groups is 1. The molecule has 0 bridgehead atoms. The van der Waals surface area contributed by atoms with E-state index in [2.05, 4.69) is 4.99 Å². The van der Waals surface area contributed by atoms with E-state index in [1.54, 1.807) is 12.4 Å². The van der Waals surface area contributed by atoms with Gasteiger partial charge in [0.1, 0.15) is 18.9 Å². The van der Waals surface area contributed by atoms with E-state index in [-0.39, 0.29) is 5.88 Å². The molecule has 0 aliphatic carbocycles. The number of aliphatic hydroxyl groups excluding tert-OH is 1. The predicted octanol–water partition coefficient (Wildman–Crippen LogP) is -0.419. The van der Waals surface area contributed by atoms with Crippen molar-refractivity contribution < 1.29 is 10.0 Å². The van der Waals surface area contributed by atoms with Crippen LogP contribution in [0.4, 0.5) is 0 Å². The lowest BCUT2D eigenvalue weighted by Crippen LogP contribution is -3.09. The third-order valence-electron chi connectivity index (χ3n) is 1.62. The SMILES string of the molecule is OC1=CN(Cl)CC2=NC=C[NH+]12. The van der Waals surface area contributed by atoms with E-state index < -0.39 is 0 Å². The van der Waals surface area contributed by atoms with Crippen molar-refractivity contribution in [2.24, 2.45) is 4.99 Å². The summed E-state index contributed by atoms with van der Waals surface area (Å²) in [5, 5.41) is 9.32. The number of aliphatic hydroxyl groups is 1. The molecule has 4 nitrogen and oxygen atoms in total. The molecule has 0 amide bonds. The predicted molar refractivity (Wildman–Crippen MR) is 40.8 cm³/mol. The van der Waals surface area contributed by atoms with E-state index in [1.165, 1.54) is 10.6 Å². The fourth-order valence-corrected chi connectivity index (χ4v) is 1.32. The van der Waals surface area contributed by atoms with Gasteiger partial charge in [-0.1, -0.05) is 0 Å². The van der Waals surface area contributed by atoms with Gasteiger partial charge in [0.2, 0.25) is 5.84 Å². The summed E-state index contributed by atoms with van der Waals surface area (Å²) in [5.74, 6) is 0.999. The first-order valence-corrected chi connectivity index (χ1v) is 3.55. The first-order chi connectivity index (χ1) is 5.27. The Bertz CT molecular complexity index is 271. The Kier molecular flexibility index (Phi) is 1.37. The summed E-state index contributed by atoms with van der Waals surface area (Å²) < 4.78 is 1.38. The smallest absolute Gasteiger partial charge is 0.316 e. The second kappa shape index (κ2) is 2.25.